The van der Waals surface area contributed by atoms with E-state index in [-0.39, 0.29) is 0 Å². The van der Waals surface area contributed by atoms with Gasteiger partial charge in [0.05, 0.1) is 0 Å². The van der Waals surface area contributed by atoms with Gasteiger partial charge in [-0.25, -0.2) is 0 Å². The zero-order valence-electron chi connectivity index (χ0n) is 12.5. The first-order valence-electron chi connectivity index (χ1n) is 4.38. The molecule has 0 aliphatic rings. The van der Waals surface area contributed by atoms with Gasteiger partial charge in [-0.3, -0.25) is 0 Å². The summed E-state index contributed by atoms with van der Waals surface area (Å²) in [7, 11) is -32.3. The van der Waals surface area contributed by atoms with E-state index in [2.05, 4.69) is 0 Å². The van der Waals surface area contributed by atoms with Crippen LogP contribution in [0.25, 0.3) is 0 Å². The minimum atomic E-state index is -5.39. The monoisotopic (exact) mass is 570 g/mol. The molecule has 0 atom stereocenters. The molecule has 0 amide bonds. The van der Waals surface area contributed by atoms with Gasteiger partial charge in [0, 0.05) is 0 Å². The maximum Gasteiger partial charge on any atom is -0.159 e. The fraction of sp³-hybridized carbons (Fsp3) is 0. The third-order valence-corrected chi connectivity index (χ3v) is 0. The Morgan fingerprint density at radius 3 is 0.200 bits per heavy atom. The van der Waals surface area contributed by atoms with E-state index >= 15 is 0 Å². The Morgan fingerprint density at radius 1 is 0.200 bits per heavy atom. The van der Waals surface area contributed by atoms with Gasteiger partial charge in [0.1, 0.15) is 0 Å². The van der Waals surface area contributed by atoms with Gasteiger partial charge in [-0.1, -0.05) is 0 Å². The molecule has 0 N–H and O–H groups in total. The summed E-state index contributed by atoms with van der Waals surface area (Å²) in [6, 6.07) is 0. The molecule has 0 aliphatic carbocycles. The standard InChI is InChI=1S/6H3O4P/c6*1-5(2,3)4/h6*(H3,1,2,3,4)/p-18. The van der Waals surface area contributed by atoms with Gasteiger partial charge in [0.25, 0.3) is 0 Å². The van der Waals surface area contributed by atoms with Crippen molar-refractivity contribution in [2.45, 2.75) is 0 Å². The molecule has 0 saturated carbocycles. The summed E-state index contributed by atoms with van der Waals surface area (Å²) in [6.07, 6.45) is 0. The van der Waals surface area contributed by atoms with Crippen LogP contribution in [-0.4, -0.2) is 0 Å². The minimum absolute atomic E-state index is 5.39. The summed E-state index contributed by atoms with van der Waals surface area (Å²) in [5.41, 5.74) is 0. The normalized spacial score (nSPS) is 11.8. The molecule has 30 heavy (non-hydrogen) atoms. The molecule has 192 valence electrons. The van der Waals surface area contributed by atoms with Crippen molar-refractivity contribution in [2.24, 2.45) is 0 Å². The van der Waals surface area contributed by atoms with Gasteiger partial charge in [0.15, 0.2) is 0 Å². The van der Waals surface area contributed by atoms with Crippen molar-refractivity contribution in [3.05, 3.63) is 0 Å². The van der Waals surface area contributed by atoms with Gasteiger partial charge in [0.2, 0.25) is 0 Å². The lowest BCUT2D eigenvalue weighted by molar-refractivity contribution is -0.434. The highest BCUT2D eigenvalue weighted by molar-refractivity contribution is 7.41. The first-order chi connectivity index (χ1) is 12.0. The number of hydrogen-bond donors (Lipinski definition) is 0. The molecule has 0 saturated heterocycles. The van der Waals surface area contributed by atoms with Crippen LogP contribution in [0.3, 0.4) is 0 Å². The third-order valence-electron chi connectivity index (χ3n) is 0. The Balaban J connectivity index is -0.0000000576. The van der Waals surface area contributed by atoms with Gasteiger partial charge >= 0.3 is 0 Å². The molecule has 0 aliphatic heterocycles. The van der Waals surface area contributed by atoms with Gasteiger partial charge in [-0.15, -0.1) is 0 Å². The number of phosphoric acid groups is 6. The molecule has 30 heteroatoms. The van der Waals surface area contributed by atoms with Crippen LogP contribution in [0.2, 0.25) is 0 Å². The smallest absolute Gasteiger partial charge is 0.159 e. The molecule has 0 bridgehead atoms. The third kappa shape index (κ3) is 50300. The molecule has 0 aromatic rings. The summed E-state index contributed by atoms with van der Waals surface area (Å²) < 4.78 is 51.3. The van der Waals surface area contributed by atoms with Gasteiger partial charge < -0.3 is 115 Å². The van der Waals surface area contributed by atoms with E-state index in [1.807, 2.05) is 0 Å². The predicted octanol–water partition coefficient (Wildman–Crippen LogP) is -16.9. The number of rotatable bonds is 0. The summed E-state index contributed by atoms with van der Waals surface area (Å²) in [5, 5.41) is 0. The Hall–Kier alpha value is 0.660. The van der Waals surface area contributed by atoms with E-state index in [1.54, 1.807) is 0 Å². The Kier molecular flexibility index (Phi) is 26.8. The van der Waals surface area contributed by atoms with Gasteiger partial charge in [-0.2, -0.15) is 46.9 Å². The van der Waals surface area contributed by atoms with Crippen molar-refractivity contribution in [2.75, 3.05) is 0 Å². The lowest BCUT2D eigenvalue weighted by atomic mass is 15.8. The second-order valence-electron chi connectivity index (χ2n) is 2.68. The molecule has 0 aromatic heterocycles. The average Bonchev–Trinajstić information content (AvgIpc) is 1.94. The van der Waals surface area contributed by atoms with Crippen LogP contribution in [0.4, 0.5) is 0 Å². The summed E-state index contributed by atoms with van der Waals surface area (Å²) >= 11 is 0. The predicted molar refractivity (Wildman–Crippen MR) is 45.6 cm³/mol. The highest BCUT2D eigenvalue weighted by Gasteiger charge is 1.46. The highest BCUT2D eigenvalue weighted by atomic mass is 31.2. The molecule has 0 rings (SSSR count). The molecular weight excluding hydrogens is 570 g/mol. The van der Waals surface area contributed by atoms with Crippen molar-refractivity contribution < 1.29 is 115 Å². The maximum absolute atomic E-state index is 8.55. The van der Waals surface area contributed by atoms with Crippen LogP contribution in [-0.2, 0) is 27.4 Å². The van der Waals surface area contributed by atoms with Crippen LogP contribution >= 0.6 is 46.9 Å². The van der Waals surface area contributed by atoms with Gasteiger partial charge in [-0.05, 0) is 0 Å². The molecule has 0 heterocycles. The average molecular weight is 570 g/mol. The second-order valence-corrected chi connectivity index (χ2v) is 8.05. The first-order valence-corrected chi connectivity index (χ1v) is 13.1. The van der Waals surface area contributed by atoms with E-state index in [0.29, 0.717) is 0 Å². The van der Waals surface area contributed by atoms with Crippen LogP contribution in [0.15, 0.2) is 0 Å². The van der Waals surface area contributed by atoms with Crippen molar-refractivity contribution in [1.82, 2.24) is 0 Å². The molecule has 0 fully saturated rings. The fourth-order valence-electron chi connectivity index (χ4n) is 0. The zero-order valence-corrected chi connectivity index (χ0v) is 17.8. The minimum Gasteiger partial charge on any atom is -0.822 e. The van der Waals surface area contributed by atoms with Crippen molar-refractivity contribution in [1.29, 1.82) is 0 Å². The highest BCUT2D eigenvalue weighted by Crippen LogP contribution is 2.05. The lowest BCUT2D eigenvalue weighted by Crippen LogP contribution is -2.24. The molecule has 24 nitrogen and oxygen atoms in total. The first kappa shape index (κ1) is 44.4. The molecule has 0 spiro atoms. The van der Waals surface area contributed by atoms with Crippen molar-refractivity contribution >= 4 is 46.9 Å². The fourth-order valence-corrected chi connectivity index (χ4v) is 0. The summed E-state index contributed by atoms with van der Waals surface area (Å²) in [4.78, 5) is 154. The molecule has 0 aromatic carbocycles. The SMILES string of the molecule is O=P([O-])([O-])[O-].O=P([O-])([O-])[O-].O=P([O-])([O-])[O-].O=P([O-])([O-])[O-].O=P([O-])([O-])[O-].O=P([O-])([O-])[O-]. The summed E-state index contributed by atoms with van der Waals surface area (Å²) in [6.45, 7) is 0. The van der Waals surface area contributed by atoms with Crippen LogP contribution in [0.1, 0.15) is 0 Å². The maximum atomic E-state index is 8.55. The van der Waals surface area contributed by atoms with Crippen molar-refractivity contribution in [3.63, 3.8) is 0 Å². The van der Waals surface area contributed by atoms with E-state index in [0.717, 1.165) is 0 Å². The molecule has 0 radical (unpaired) electrons. The Morgan fingerprint density at radius 2 is 0.200 bits per heavy atom. The second kappa shape index (κ2) is 18.1. The molecule has 0 unspecified atom stereocenters. The zero-order chi connectivity index (χ0) is 27.0. The van der Waals surface area contributed by atoms with E-state index in [9.17, 15) is 0 Å². The van der Waals surface area contributed by atoms with E-state index < -0.39 is 46.9 Å². The van der Waals surface area contributed by atoms with Crippen LogP contribution in [0.5, 0.6) is 0 Å². The quantitative estimate of drug-likeness (QED) is 0.244. The Labute approximate surface area is 163 Å². The van der Waals surface area contributed by atoms with Crippen molar-refractivity contribution in [3.8, 4) is 0 Å². The lowest BCUT2D eigenvalue weighted by Gasteiger charge is -2.36. The van der Waals surface area contributed by atoms with E-state index in [4.69, 9.17) is 115 Å². The van der Waals surface area contributed by atoms with E-state index in [1.165, 1.54) is 0 Å². The van der Waals surface area contributed by atoms with Crippen LogP contribution in [0, 0.1) is 0 Å². The molecular formula is O24P6-18. The summed E-state index contributed by atoms with van der Waals surface area (Å²) in [5.74, 6) is 0. The van der Waals surface area contributed by atoms with Crippen LogP contribution < -0.4 is 88.1 Å². The topological polar surface area (TPSA) is 518 Å². The largest absolute Gasteiger partial charge is 0.822 e. The Bertz CT molecular complexity index is 454. The number of hydrogen-bond acceptors (Lipinski definition) is 24.